The molecule has 0 spiro atoms. The van der Waals surface area contributed by atoms with Crippen molar-refractivity contribution in [3.05, 3.63) is 24.3 Å². The van der Waals surface area contributed by atoms with Crippen LogP contribution < -0.4 is 0 Å². The molecule has 0 radical (unpaired) electrons. The van der Waals surface area contributed by atoms with Gasteiger partial charge in [-0.1, -0.05) is 19.9 Å². The Morgan fingerprint density at radius 2 is 1.43 bits per heavy atom. The molecule has 0 saturated heterocycles. The van der Waals surface area contributed by atoms with E-state index in [4.69, 9.17) is 0 Å². The van der Waals surface area contributed by atoms with Gasteiger partial charge in [0.2, 0.25) is 12.2 Å². The van der Waals surface area contributed by atoms with E-state index in [1.54, 1.807) is 18.2 Å². The van der Waals surface area contributed by atoms with Crippen LogP contribution in [0.1, 0.15) is 13.8 Å². The van der Waals surface area contributed by atoms with Gasteiger partial charge < -0.3 is 0 Å². The van der Waals surface area contributed by atoms with E-state index in [9.17, 15) is 9.59 Å². The first-order valence-corrected chi connectivity index (χ1v) is 4.12. The van der Waals surface area contributed by atoms with Crippen LogP contribution in [0.4, 0.5) is 11.4 Å². The Morgan fingerprint density at radius 1 is 1.00 bits per heavy atom. The van der Waals surface area contributed by atoms with Crippen LogP contribution in [0.25, 0.3) is 0 Å². The van der Waals surface area contributed by atoms with Crippen LogP contribution in [-0.4, -0.2) is 12.2 Å². The normalized spacial score (nSPS) is 7.29. The molecule has 0 saturated carbocycles. The second-order valence-electron chi connectivity index (χ2n) is 1.93. The summed E-state index contributed by atoms with van der Waals surface area (Å²) < 4.78 is 0. The zero-order chi connectivity index (χ0) is 10.8. The Balaban J connectivity index is 0.000000791. The van der Waals surface area contributed by atoms with E-state index in [2.05, 4.69) is 9.98 Å². The molecule has 0 fully saturated rings. The smallest absolute Gasteiger partial charge is 0.211 e. The fourth-order valence-electron chi connectivity index (χ4n) is 0.738. The maximum Gasteiger partial charge on any atom is 0.240 e. The first-order chi connectivity index (χ1) is 6.86. The minimum Gasteiger partial charge on any atom is -0.211 e. The molecule has 1 rings (SSSR count). The quantitative estimate of drug-likeness (QED) is 0.531. The highest BCUT2D eigenvalue weighted by atomic mass is 16.1. The van der Waals surface area contributed by atoms with Gasteiger partial charge in [0.1, 0.15) is 0 Å². The molecular formula is C10H10N2O2. The SMILES string of the molecule is CC.O=C=Nc1cccc(N=C=O)c1. The van der Waals surface area contributed by atoms with Gasteiger partial charge in [-0.2, -0.15) is 9.98 Å². The highest BCUT2D eigenvalue weighted by Crippen LogP contribution is 2.18. The molecule has 1 aromatic rings. The minimum absolute atomic E-state index is 0.418. The van der Waals surface area contributed by atoms with Gasteiger partial charge in [-0.05, 0) is 18.2 Å². The Morgan fingerprint density at radius 3 is 1.79 bits per heavy atom. The summed E-state index contributed by atoms with van der Waals surface area (Å²) in [5.41, 5.74) is 0.836. The van der Waals surface area contributed by atoms with Gasteiger partial charge in [-0.3, -0.25) is 0 Å². The molecular weight excluding hydrogens is 180 g/mol. The van der Waals surface area contributed by atoms with Crippen LogP contribution in [0.3, 0.4) is 0 Å². The summed E-state index contributed by atoms with van der Waals surface area (Å²) in [5.74, 6) is 0. The van der Waals surface area contributed by atoms with Crippen molar-refractivity contribution in [2.75, 3.05) is 0 Å². The van der Waals surface area contributed by atoms with E-state index in [1.807, 2.05) is 13.8 Å². The van der Waals surface area contributed by atoms with Crippen molar-refractivity contribution in [2.24, 2.45) is 9.98 Å². The molecule has 72 valence electrons. The molecule has 0 aliphatic heterocycles. The van der Waals surface area contributed by atoms with Crippen LogP contribution >= 0.6 is 0 Å². The lowest BCUT2D eigenvalue weighted by molar-refractivity contribution is 0.565. The summed E-state index contributed by atoms with van der Waals surface area (Å²) in [6, 6.07) is 6.32. The van der Waals surface area contributed by atoms with E-state index in [-0.39, 0.29) is 0 Å². The van der Waals surface area contributed by atoms with Crippen molar-refractivity contribution in [3.8, 4) is 0 Å². The fraction of sp³-hybridized carbons (Fsp3) is 0.200. The average molecular weight is 190 g/mol. The van der Waals surface area contributed by atoms with Gasteiger partial charge in [0.25, 0.3) is 0 Å². The van der Waals surface area contributed by atoms with Crippen LogP contribution in [0.2, 0.25) is 0 Å². The lowest BCUT2D eigenvalue weighted by atomic mass is 10.3. The molecule has 0 aliphatic rings. The third-order valence-corrected chi connectivity index (χ3v) is 1.18. The Kier molecular flexibility index (Phi) is 6.52. The minimum atomic E-state index is 0.418. The van der Waals surface area contributed by atoms with Gasteiger partial charge in [0.15, 0.2) is 0 Å². The monoisotopic (exact) mass is 190 g/mol. The molecule has 1 aromatic carbocycles. The molecule has 0 unspecified atom stereocenters. The summed E-state index contributed by atoms with van der Waals surface area (Å²) in [7, 11) is 0. The predicted octanol–water partition coefficient (Wildman–Crippen LogP) is 2.65. The van der Waals surface area contributed by atoms with Gasteiger partial charge in [0, 0.05) is 0 Å². The summed E-state index contributed by atoms with van der Waals surface area (Å²) in [5, 5.41) is 0. The van der Waals surface area contributed by atoms with Crippen LogP contribution in [0.5, 0.6) is 0 Å². The third kappa shape index (κ3) is 4.12. The largest absolute Gasteiger partial charge is 0.240 e. The van der Waals surface area contributed by atoms with Crippen LogP contribution in [0.15, 0.2) is 34.3 Å². The van der Waals surface area contributed by atoms with Gasteiger partial charge >= 0.3 is 0 Å². The number of rotatable bonds is 2. The van der Waals surface area contributed by atoms with Crippen molar-refractivity contribution >= 4 is 23.5 Å². The molecule has 0 aromatic heterocycles. The molecule has 14 heavy (non-hydrogen) atoms. The summed E-state index contributed by atoms with van der Waals surface area (Å²) in [4.78, 5) is 26.4. The lowest BCUT2D eigenvalue weighted by Gasteiger charge is -1.90. The highest BCUT2D eigenvalue weighted by Gasteiger charge is 1.90. The summed E-state index contributed by atoms with van der Waals surface area (Å²) in [6.07, 6.45) is 2.78. The van der Waals surface area contributed by atoms with E-state index in [1.165, 1.54) is 18.2 Å². The molecule has 4 nitrogen and oxygen atoms in total. The third-order valence-electron chi connectivity index (χ3n) is 1.18. The van der Waals surface area contributed by atoms with Crippen LogP contribution in [0, 0.1) is 0 Å². The van der Waals surface area contributed by atoms with E-state index < -0.39 is 0 Å². The number of carbonyl (C=O) groups excluding carboxylic acids is 2. The number of hydrogen-bond acceptors (Lipinski definition) is 4. The average Bonchev–Trinajstić information content (AvgIpc) is 2.22. The standard InChI is InChI=1S/C8H4N2O2.C2H6/c11-5-9-7-2-1-3-8(4-7)10-6-12;1-2/h1-4H;1-2H3. The highest BCUT2D eigenvalue weighted by molar-refractivity contribution is 5.57. The van der Waals surface area contributed by atoms with Gasteiger partial charge in [-0.15, -0.1) is 0 Å². The number of nitrogens with zero attached hydrogens (tertiary/aromatic N) is 2. The van der Waals surface area contributed by atoms with Crippen molar-refractivity contribution in [2.45, 2.75) is 13.8 Å². The molecule has 0 bridgehead atoms. The molecule has 0 atom stereocenters. The molecule has 0 amide bonds. The van der Waals surface area contributed by atoms with E-state index in [0.717, 1.165) is 0 Å². The summed E-state index contributed by atoms with van der Waals surface area (Å²) in [6.45, 7) is 4.00. The van der Waals surface area contributed by atoms with Gasteiger partial charge in [0.05, 0.1) is 11.4 Å². The van der Waals surface area contributed by atoms with E-state index >= 15 is 0 Å². The molecule has 4 heteroatoms. The zero-order valence-electron chi connectivity index (χ0n) is 8.02. The first kappa shape index (κ1) is 12.0. The zero-order valence-corrected chi connectivity index (χ0v) is 8.02. The number of aliphatic imine (C=N–C) groups is 2. The molecule has 0 N–H and O–H groups in total. The predicted molar refractivity (Wildman–Crippen MR) is 53.4 cm³/mol. The Bertz CT molecular complexity index is 342. The van der Waals surface area contributed by atoms with E-state index in [0.29, 0.717) is 11.4 Å². The number of isocyanates is 2. The second kappa shape index (κ2) is 7.62. The Hall–Kier alpha value is -2.02. The van der Waals surface area contributed by atoms with Crippen molar-refractivity contribution < 1.29 is 9.59 Å². The van der Waals surface area contributed by atoms with Crippen molar-refractivity contribution in [1.29, 1.82) is 0 Å². The van der Waals surface area contributed by atoms with Crippen LogP contribution in [-0.2, 0) is 9.59 Å². The maximum absolute atomic E-state index is 9.84. The Labute approximate surface area is 82.0 Å². The first-order valence-electron chi connectivity index (χ1n) is 4.12. The summed E-state index contributed by atoms with van der Waals surface area (Å²) >= 11 is 0. The van der Waals surface area contributed by atoms with Crippen molar-refractivity contribution in [3.63, 3.8) is 0 Å². The number of benzene rings is 1. The molecule has 0 aliphatic carbocycles. The second-order valence-corrected chi connectivity index (χ2v) is 1.93. The maximum atomic E-state index is 9.84. The van der Waals surface area contributed by atoms with Gasteiger partial charge in [-0.25, -0.2) is 9.59 Å². The molecule has 0 heterocycles. The lowest BCUT2D eigenvalue weighted by Crippen LogP contribution is -1.64. The fourth-order valence-corrected chi connectivity index (χ4v) is 0.738. The van der Waals surface area contributed by atoms with Crippen molar-refractivity contribution in [1.82, 2.24) is 0 Å². The number of hydrogen-bond donors (Lipinski definition) is 0. The topological polar surface area (TPSA) is 58.9 Å².